The number of hydrogen-bond donors (Lipinski definition) is 2. The smallest absolute Gasteiger partial charge is 0.262 e. The van der Waals surface area contributed by atoms with Crippen molar-refractivity contribution in [3.8, 4) is 0 Å². The van der Waals surface area contributed by atoms with Crippen LogP contribution in [0.15, 0.2) is 46.8 Å². The van der Waals surface area contributed by atoms with Crippen molar-refractivity contribution in [2.24, 2.45) is 4.99 Å². The molecular formula is C22H24N4O3S2. The second-order valence-corrected chi connectivity index (χ2v) is 9.68. The zero-order valence-corrected chi connectivity index (χ0v) is 18.6. The van der Waals surface area contributed by atoms with E-state index in [4.69, 9.17) is 0 Å². The number of amidine groups is 1. The fraction of sp³-hybridized carbons (Fsp3) is 0.364. The second kappa shape index (κ2) is 10.1. The van der Waals surface area contributed by atoms with Gasteiger partial charge in [0, 0.05) is 35.6 Å². The third-order valence-corrected chi connectivity index (χ3v) is 7.23. The van der Waals surface area contributed by atoms with E-state index in [0.717, 1.165) is 36.0 Å². The lowest BCUT2D eigenvalue weighted by Gasteiger charge is -2.27. The third kappa shape index (κ3) is 5.74. The number of hydrogen-bond acceptors (Lipinski definition) is 6. The lowest BCUT2D eigenvalue weighted by molar-refractivity contribution is -0.121. The maximum Gasteiger partial charge on any atom is 0.262 e. The first kappa shape index (κ1) is 21.6. The molecule has 0 radical (unpaired) electrons. The highest BCUT2D eigenvalue weighted by atomic mass is 32.2. The van der Waals surface area contributed by atoms with Gasteiger partial charge in [-0.25, -0.2) is 0 Å². The molecule has 2 aliphatic heterocycles. The van der Waals surface area contributed by atoms with Gasteiger partial charge in [-0.1, -0.05) is 23.9 Å². The Morgan fingerprint density at radius 1 is 1.13 bits per heavy atom. The quantitative estimate of drug-likeness (QED) is 0.694. The molecule has 3 heterocycles. The molecule has 3 amide bonds. The van der Waals surface area contributed by atoms with Crippen molar-refractivity contribution in [3.63, 3.8) is 0 Å². The number of likely N-dealkylation sites (tertiary alicyclic amines) is 1. The Bertz CT molecular complexity index is 984. The van der Waals surface area contributed by atoms with Gasteiger partial charge < -0.3 is 15.5 Å². The van der Waals surface area contributed by atoms with Crippen LogP contribution in [0.4, 0.5) is 5.69 Å². The summed E-state index contributed by atoms with van der Waals surface area (Å²) in [5.41, 5.74) is 0.998. The van der Waals surface area contributed by atoms with Crippen molar-refractivity contribution in [3.05, 3.63) is 52.2 Å². The molecule has 31 heavy (non-hydrogen) atoms. The standard InChI is InChI=1S/C22H24N4O3S2/c27-19(13-18-21(29)25-22(31-18)26-9-2-1-3-10-26)24-16-7-4-6-15(12-16)20(28)23-14-17-8-5-11-30-17/h4-8,11-12,18H,1-3,9-10,13-14H2,(H,23,28)(H,24,27)/t18-/m0/s1. The number of piperidine rings is 1. The molecule has 162 valence electrons. The molecule has 1 atom stereocenters. The zero-order chi connectivity index (χ0) is 21.6. The van der Waals surface area contributed by atoms with Crippen LogP contribution in [0.3, 0.4) is 0 Å². The van der Waals surface area contributed by atoms with E-state index in [-0.39, 0.29) is 24.1 Å². The Labute approximate surface area is 189 Å². The van der Waals surface area contributed by atoms with Gasteiger partial charge in [0.05, 0.1) is 6.54 Å². The molecule has 9 heteroatoms. The van der Waals surface area contributed by atoms with Crippen molar-refractivity contribution >= 4 is 51.7 Å². The highest BCUT2D eigenvalue weighted by Crippen LogP contribution is 2.29. The Morgan fingerprint density at radius 3 is 2.74 bits per heavy atom. The summed E-state index contributed by atoms with van der Waals surface area (Å²) in [7, 11) is 0. The molecular weight excluding hydrogens is 432 g/mol. The summed E-state index contributed by atoms with van der Waals surface area (Å²) < 4.78 is 0. The van der Waals surface area contributed by atoms with Gasteiger partial charge >= 0.3 is 0 Å². The fourth-order valence-electron chi connectivity index (χ4n) is 3.53. The third-order valence-electron chi connectivity index (χ3n) is 5.14. The highest BCUT2D eigenvalue weighted by molar-refractivity contribution is 8.15. The van der Waals surface area contributed by atoms with Crippen molar-refractivity contribution in [1.82, 2.24) is 10.2 Å². The van der Waals surface area contributed by atoms with Gasteiger partial charge in [0.15, 0.2) is 5.17 Å². The number of nitrogens with zero attached hydrogens (tertiary/aromatic N) is 2. The largest absolute Gasteiger partial charge is 0.351 e. The lowest BCUT2D eigenvalue weighted by Crippen LogP contribution is -2.33. The predicted octanol–water partition coefficient (Wildman–Crippen LogP) is 3.49. The molecule has 2 aromatic rings. The van der Waals surface area contributed by atoms with E-state index in [1.807, 2.05) is 17.5 Å². The molecule has 2 N–H and O–H groups in total. The molecule has 4 rings (SSSR count). The number of benzene rings is 1. The summed E-state index contributed by atoms with van der Waals surface area (Å²) in [6, 6.07) is 10.7. The van der Waals surface area contributed by atoms with Gasteiger partial charge in [-0.05, 0) is 48.9 Å². The molecule has 7 nitrogen and oxygen atoms in total. The van der Waals surface area contributed by atoms with Crippen LogP contribution >= 0.6 is 23.1 Å². The van der Waals surface area contributed by atoms with E-state index >= 15 is 0 Å². The van der Waals surface area contributed by atoms with Gasteiger partial charge in [-0.2, -0.15) is 4.99 Å². The van der Waals surface area contributed by atoms with Gasteiger partial charge in [0.2, 0.25) is 5.91 Å². The normalized spacial score (nSPS) is 18.6. The highest BCUT2D eigenvalue weighted by Gasteiger charge is 2.33. The van der Waals surface area contributed by atoms with Crippen molar-refractivity contribution in [2.45, 2.75) is 37.5 Å². The van der Waals surface area contributed by atoms with Crippen molar-refractivity contribution in [1.29, 1.82) is 0 Å². The first-order chi connectivity index (χ1) is 15.1. The first-order valence-electron chi connectivity index (χ1n) is 10.3. The predicted molar refractivity (Wildman–Crippen MR) is 124 cm³/mol. The maximum atomic E-state index is 12.5. The number of carbonyl (C=O) groups is 3. The number of aliphatic imine (C=N–C) groups is 1. The minimum absolute atomic E-state index is 0.0547. The Kier molecular flexibility index (Phi) is 7.03. The average Bonchev–Trinajstić information content (AvgIpc) is 3.43. The number of amides is 3. The van der Waals surface area contributed by atoms with Crippen molar-refractivity contribution in [2.75, 3.05) is 18.4 Å². The molecule has 0 spiro atoms. The van der Waals surface area contributed by atoms with Gasteiger partial charge in [0.25, 0.3) is 11.8 Å². The SMILES string of the molecule is O=C(C[C@@H]1SC(N2CCCCC2)=NC1=O)Nc1cccc(C(=O)NCc2cccs2)c1. The van der Waals surface area contributed by atoms with Crippen LogP contribution in [0.1, 0.15) is 40.9 Å². The number of anilines is 1. The number of rotatable bonds is 6. The molecule has 0 unspecified atom stereocenters. The summed E-state index contributed by atoms with van der Waals surface area (Å²) in [6.45, 7) is 2.30. The summed E-state index contributed by atoms with van der Waals surface area (Å²) in [5, 5.41) is 7.89. The first-order valence-corrected chi connectivity index (χ1v) is 12.1. The van der Waals surface area contributed by atoms with E-state index in [0.29, 0.717) is 17.8 Å². The second-order valence-electron chi connectivity index (χ2n) is 7.48. The van der Waals surface area contributed by atoms with E-state index < -0.39 is 5.25 Å². The van der Waals surface area contributed by atoms with Crippen molar-refractivity contribution < 1.29 is 14.4 Å². The summed E-state index contributed by atoms with van der Waals surface area (Å²) >= 11 is 2.96. The van der Waals surface area contributed by atoms with Crippen LogP contribution in [0.5, 0.6) is 0 Å². The Balaban J connectivity index is 1.29. The van der Waals surface area contributed by atoms with E-state index in [1.165, 1.54) is 18.2 Å². The number of thiophene rings is 1. The molecule has 0 saturated carbocycles. The topological polar surface area (TPSA) is 90.9 Å². The Hall–Kier alpha value is -2.65. The van der Waals surface area contributed by atoms with E-state index in [9.17, 15) is 14.4 Å². The molecule has 0 aliphatic carbocycles. The van der Waals surface area contributed by atoms with Crippen LogP contribution in [0.25, 0.3) is 0 Å². The van der Waals surface area contributed by atoms with Gasteiger partial charge in [-0.3, -0.25) is 14.4 Å². The summed E-state index contributed by atoms with van der Waals surface area (Å²) in [6.07, 6.45) is 3.48. The number of nitrogens with one attached hydrogen (secondary N) is 2. The number of thioether (sulfide) groups is 1. The van der Waals surface area contributed by atoms with Crippen LogP contribution in [-0.4, -0.2) is 46.1 Å². The van der Waals surface area contributed by atoms with Gasteiger partial charge in [-0.15, -0.1) is 11.3 Å². The molecule has 1 saturated heterocycles. The minimum Gasteiger partial charge on any atom is -0.351 e. The summed E-state index contributed by atoms with van der Waals surface area (Å²) in [5.74, 6) is -0.717. The average molecular weight is 457 g/mol. The van der Waals surface area contributed by atoms with Crippen LogP contribution < -0.4 is 10.6 Å². The maximum absolute atomic E-state index is 12.5. The number of carbonyl (C=O) groups excluding carboxylic acids is 3. The molecule has 1 fully saturated rings. The van der Waals surface area contributed by atoms with E-state index in [2.05, 4.69) is 20.5 Å². The molecule has 2 aliphatic rings. The monoisotopic (exact) mass is 456 g/mol. The van der Waals surface area contributed by atoms with E-state index in [1.54, 1.807) is 35.6 Å². The fourth-order valence-corrected chi connectivity index (χ4v) is 5.29. The summed E-state index contributed by atoms with van der Waals surface area (Å²) in [4.78, 5) is 44.6. The lowest BCUT2D eigenvalue weighted by atomic mass is 10.1. The minimum atomic E-state index is -0.491. The Morgan fingerprint density at radius 2 is 1.97 bits per heavy atom. The van der Waals surface area contributed by atoms with Gasteiger partial charge in [0.1, 0.15) is 5.25 Å². The van der Waals surface area contributed by atoms with Crippen LogP contribution in [-0.2, 0) is 16.1 Å². The molecule has 1 aromatic heterocycles. The molecule has 0 bridgehead atoms. The van der Waals surface area contributed by atoms with Crippen LogP contribution in [0, 0.1) is 0 Å². The van der Waals surface area contributed by atoms with Crippen LogP contribution in [0.2, 0.25) is 0 Å². The molecule has 1 aromatic carbocycles. The zero-order valence-electron chi connectivity index (χ0n) is 17.0.